The normalized spacial score (nSPS) is 12.2. The lowest BCUT2D eigenvalue weighted by molar-refractivity contribution is -0.151. The molecule has 1 aromatic carbocycles. The Hall–Kier alpha value is -1.66. The highest BCUT2D eigenvalue weighted by molar-refractivity contribution is 5.74. The summed E-state index contributed by atoms with van der Waals surface area (Å²) in [5.41, 5.74) is 0.157. The number of halogens is 1. The topological polar surface area (TPSA) is 76.0 Å². The van der Waals surface area contributed by atoms with Crippen LogP contribution in [0.25, 0.3) is 0 Å². The summed E-state index contributed by atoms with van der Waals surface area (Å²) in [4.78, 5) is 10.9. The lowest BCUT2D eigenvalue weighted by Gasteiger charge is -2.14. The number of benzene rings is 1. The molecule has 0 spiro atoms. The zero-order valence-electron chi connectivity index (χ0n) is 9.22. The maximum absolute atomic E-state index is 13.4. The monoisotopic (exact) mass is 244 g/mol. The molecule has 2 N–H and O–H groups in total. The SMILES string of the molecule is COc1ccc(C(OCCO)C(=O)O)cc1F. The minimum Gasteiger partial charge on any atom is -0.494 e. The summed E-state index contributed by atoms with van der Waals surface area (Å²) in [7, 11) is 1.31. The number of aliphatic hydroxyl groups is 1. The first-order valence-electron chi connectivity index (χ1n) is 4.89. The molecule has 0 saturated carbocycles. The van der Waals surface area contributed by atoms with Crippen molar-refractivity contribution in [2.45, 2.75) is 6.10 Å². The van der Waals surface area contributed by atoms with Gasteiger partial charge in [-0.2, -0.15) is 0 Å². The van der Waals surface area contributed by atoms with Gasteiger partial charge >= 0.3 is 5.97 Å². The maximum atomic E-state index is 13.4. The number of hydrogen-bond acceptors (Lipinski definition) is 4. The molecule has 0 heterocycles. The van der Waals surface area contributed by atoms with Crippen LogP contribution in [0.15, 0.2) is 18.2 Å². The first kappa shape index (κ1) is 13.4. The molecule has 1 atom stereocenters. The number of methoxy groups -OCH3 is 1. The van der Waals surface area contributed by atoms with Gasteiger partial charge in [-0.05, 0) is 17.7 Å². The summed E-state index contributed by atoms with van der Waals surface area (Å²) < 4.78 is 23.0. The third-order valence-corrected chi connectivity index (χ3v) is 2.08. The van der Waals surface area contributed by atoms with Crippen LogP contribution >= 0.6 is 0 Å². The molecule has 6 heteroatoms. The number of aliphatic carboxylic acids is 1. The molecule has 0 aliphatic heterocycles. The van der Waals surface area contributed by atoms with E-state index in [1.807, 2.05) is 0 Å². The molecule has 94 valence electrons. The van der Waals surface area contributed by atoms with Crippen molar-refractivity contribution in [2.24, 2.45) is 0 Å². The summed E-state index contributed by atoms with van der Waals surface area (Å²) >= 11 is 0. The van der Waals surface area contributed by atoms with Crippen LogP contribution in [0.5, 0.6) is 5.75 Å². The molecule has 0 aliphatic rings. The molecule has 0 aliphatic carbocycles. The third-order valence-electron chi connectivity index (χ3n) is 2.08. The van der Waals surface area contributed by atoms with E-state index in [9.17, 15) is 9.18 Å². The molecule has 0 saturated heterocycles. The van der Waals surface area contributed by atoms with E-state index < -0.39 is 17.9 Å². The second kappa shape index (κ2) is 6.17. The second-order valence-electron chi connectivity index (χ2n) is 3.21. The van der Waals surface area contributed by atoms with Crippen molar-refractivity contribution in [1.29, 1.82) is 0 Å². The van der Waals surface area contributed by atoms with Crippen molar-refractivity contribution in [2.75, 3.05) is 20.3 Å². The molecular weight excluding hydrogens is 231 g/mol. The number of ether oxygens (including phenoxy) is 2. The van der Waals surface area contributed by atoms with E-state index in [0.29, 0.717) is 0 Å². The third kappa shape index (κ3) is 3.40. The quantitative estimate of drug-likeness (QED) is 0.779. The van der Waals surface area contributed by atoms with E-state index in [1.165, 1.54) is 19.2 Å². The van der Waals surface area contributed by atoms with E-state index in [2.05, 4.69) is 0 Å². The van der Waals surface area contributed by atoms with Gasteiger partial charge in [0.2, 0.25) is 0 Å². The van der Waals surface area contributed by atoms with Crippen LogP contribution in [0.1, 0.15) is 11.7 Å². The van der Waals surface area contributed by atoms with Gasteiger partial charge in [0.15, 0.2) is 17.7 Å². The fourth-order valence-corrected chi connectivity index (χ4v) is 1.33. The number of aliphatic hydroxyl groups excluding tert-OH is 1. The largest absolute Gasteiger partial charge is 0.494 e. The van der Waals surface area contributed by atoms with E-state index in [-0.39, 0.29) is 24.5 Å². The standard InChI is InChI=1S/C11H13FO5/c1-16-9-3-2-7(6-8(9)12)10(11(14)15)17-5-4-13/h2-3,6,10,13H,4-5H2,1H3,(H,14,15). The van der Waals surface area contributed by atoms with Gasteiger partial charge < -0.3 is 19.7 Å². The van der Waals surface area contributed by atoms with Gasteiger partial charge in [-0.1, -0.05) is 6.07 Å². The Morgan fingerprint density at radius 2 is 2.24 bits per heavy atom. The van der Waals surface area contributed by atoms with E-state index in [0.717, 1.165) is 6.07 Å². The molecule has 0 bridgehead atoms. The fraction of sp³-hybridized carbons (Fsp3) is 0.364. The van der Waals surface area contributed by atoms with Crippen molar-refractivity contribution in [3.8, 4) is 5.75 Å². The van der Waals surface area contributed by atoms with E-state index in [1.54, 1.807) is 0 Å². The zero-order valence-corrected chi connectivity index (χ0v) is 9.22. The molecule has 0 amide bonds. The average Bonchev–Trinajstić information content (AvgIpc) is 2.29. The Labute approximate surface area is 97.4 Å². The number of hydrogen-bond donors (Lipinski definition) is 2. The Balaban J connectivity index is 2.94. The minimum absolute atomic E-state index is 0.0278. The lowest BCUT2D eigenvalue weighted by atomic mass is 10.1. The second-order valence-corrected chi connectivity index (χ2v) is 3.21. The van der Waals surface area contributed by atoms with Gasteiger partial charge in [0.25, 0.3) is 0 Å². The molecule has 0 fully saturated rings. The Morgan fingerprint density at radius 3 is 2.71 bits per heavy atom. The predicted octanol–water partition coefficient (Wildman–Crippen LogP) is 0.969. The van der Waals surface area contributed by atoms with Crippen LogP contribution in [-0.4, -0.2) is 36.5 Å². The Kier molecular flexibility index (Phi) is 4.86. The van der Waals surface area contributed by atoms with Gasteiger partial charge in [0, 0.05) is 0 Å². The van der Waals surface area contributed by atoms with Crippen LogP contribution in [0.2, 0.25) is 0 Å². The van der Waals surface area contributed by atoms with Crippen LogP contribution in [-0.2, 0) is 9.53 Å². The van der Waals surface area contributed by atoms with Crippen molar-refractivity contribution in [3.63, 3.8) is 0 Å². The van der Waals surface area contributed by atoms with Crippen LogP contribution in [0.3, 0.4) is 0 Å². The van der Waals surface area contributed by atoms with Gasteiger partial charge in [0.1, 0.15) is 0 Å². The van der Waals surface area contributed by atoms with Gasteiger partial charge in [-0.25, -0.2) is 9.18 Å². The summed E-state index contributed by atoms with van der Waals surface area (Å²) in [5, 5.41) is 17.5. The van der Waals surface area contributed by atoms with Crippen molar-refractivity contribution in [1.82, 2.24) is 0 Å². The van der Waals surface area contributed by atoms with Crippen LogP contribution in [0, 0.1) is 5.82 Å². The van der Waals surface area contributed by atoms with Gasteiger partial charge in [-0.15, -0.1) is 0 Å². The smallest absolute Gasteiger partial charge is 0.337 e. The number of carboxylic acid groups (broad SMARTS) is 1. The summed E-state index contributed by atoms with van der Waals surface area (Å²) in [6, 6.07) is 3.76. The number of carboxylic acids is 1. The molecule has 1 aromatic rings. The maximum Gasteiger partial charge on any atom is 0.337 e. The van der Waals surface area contributed by atoms with Crippen LogP contribution < -0.4 is 4.74 Å². The van der Waals surface area contributed by atoms with E-state index in [4.69, 9.17) is 19.7 Å². The van der Waals surface area contributed by atoms with Crippen molar-refractivity contribution in [3.05, 3.63) is 29.6 Å². The molecule has 0 radical (unpaired) electrons. The van der Waals surface area contributed by atoms with Crippen LogP contribution in [0.4, 0.5) is 4.39 Å². The molecule has 17 heavy (non-hydrogen) atoms. The van der Waals surface area contributed by atoms with E-state index >= 15 is 0 Å². The highest BCUT2D eigenvalue weighted by Crippen LogP contribution is 2.24. The minimum atomic E-state index is -1.30. The van der Waals surface area contributed by atoms with Crippen molar-refractivity contribution < 1.29 is 28.9 Å². The van der Waals surface area contributed by atoms with Crippen molar-refractivity contribution >= 4 is 5.97 Å². The zero-order chi connectivity index (χ0) is 12.8. The summed E-state index contributed by atoms with van der Waals surface area (Å²) in [5.74, 6) is -1.88. The number of carbonyl (C=O) groups is 1. The average molecular weight is 244 g/mol. The predicted molar refractivity (Wildman–Crippen MR) is 56.4 cm³/mol. The molecule has 1 unspecified atom stereocenters. The molecule has 5 nitrogen and oxygen atoms in total. The summed E-state index contributed by atoms with van der Waals surface area (Å²) in [6.45, 7) is -0.437. The van der Waals surface area contributed by atoms with Gasteiger partial charge in [0.05, 0.1) is 20.3 Å². The first-order valence-corrected chi connectivity index (χ1v) is 4.89. The Morgan fingerprint density at radius 1 is 1.53 bits per heavy atom. The molecule has 1 rings (SSSR count). The van der Waals surface area contributed by atoms with Gasteiger partial charge in [-0.3, -0.25) is 0 Å². The highest BCUT2D eigenvalue weighted by Gasteiger charge is 2.21. The first-order chi connectivity index (χ1) is 8.10. The fourth-order valence-electron chi connectivity index (χ4n) is 1.33. The Bertz CT molecular complexity index is 393. The highest BCUT2D eigenvalue weighted by atomic mass is 19.1. The molecule has 0 aromatic heterocycles. The molecular formula is C11H13FO5. The summed E-state index contributed by atoms with van der Waals surface area (Å²) in [6.07, 6.45) is -1.30. The number of rotatable bonds is 6. The lowest BCUT2D eigenvalue weighted by Crippen LogP contribution is -2.17.